The van der Waals surface area contributed by atoms with Gasteiger partial charge >= 0.3 is 6.18 Å². The van der Waals surface area contributed by atoms with Crippen molar-refractivity contribution in [2.75, 3.05) is 0 Å². The molecule has 0 amide bonds. The van der Waals surface area contributed by atoms with E-state index in [1.807, 2.05) is 13.0 Å². The molecule has 3 rings (SSSR count). The number of alkyl halides is 3. The van der Waals surface area contributed by atoms with Gasteiger partial charge in [0.05, 0.1) is 23.3 Å². The molecule has 2 heterocycles. The van der Waals surface area contributed by atoms with Gasteiger partial charge in [0, 0.05) is 5.39 Å². The Labute approximate surface area is 167 Å². The van der Waals surface area contributed by atoms with Crippen LogP contribution in [0.1, 0.15) is 72.4 Å². The molecule has 0 spiro atoms. The average Bonchev–Trinajstić information content (AvgIpc) is 3.09. The Bertz CT molecular complexity index is 835. The third-order valence-corrected chi connectivity index (χ3v) is 7.27. The predicted molar refractivity (Wildman–Crippen MR) is 112 cm³/mol. The molecule has 1 fully saturated rings. The number of hydrogen-bond acceptors (Lipinski definition) is 1. The quantitative estimate of drug-likeness (QED) is 0.526. The first-order valence-corrected chi connectivity index (χ1v) is 10.5. The van der Waals surface area contributed by atoms with E-state index in [2.05, 4.69) is 39.7 Å². The van der Waals surface area contributed by atoms with Crippen LogP contribution in [-0.4, -0.2) is 16.5 Å². The van der Waals surface area contributed by atoms with Gasteiger partial charge in [-0.1, -0.05) is 78.2 Å². The smallest absolute Gasteiger partial charge is 0.261 e. The summed E-state index contributed by atoms with van der Waals surface area (Å²) >= 11 is 0. The topological polar surface area (TPSA) is 17.8 Å². The minimum absolute atomic E-state index is 0.00111. The van der Waals surface area contributed by atoms with Gasteiger partial charge in [0.15, 0.2) is 6.71 Å². The lowest BCUT2D eigenvalue weighted by atomic mass is 9.42. The monoisotopic (exact) mass is 392 g/mol. The van der Waals surface area contributed by atoms with E-state index in [1.54, 1.807) is 10.9 Å². The summed E-state index contributed by atoms with van der Waals surface area (Å²) in [4.78, 5) is 0. The van der Waals surface area contributed by atoms with Crippen LogP contribution in [0.25, 0.3) is 10.9 Å². The molecule has 2 aromatic rings. The molecule has 0 N–H and O–H groups in total. The molecule has 0 bridgehead atoms. The fourth-order valence-electron chi connectivity index (χ4n) is 4.87. The lowest BCUT2D eigenvalue weighted by Crippen LogP contribution is -2.29. The van der Waals surface area contributed by atoms with Crippen LogP contribution in [0.15, 0.2) is 18.3 Å². The summed E-state index contributed by atoms with van der Waals surface area (Å²) in [5.74, 6) is 0. The van der Waals surface area contributed by atoms with E-state index in [4.69, 9.17) is 0 Å². The average molecular weight is 392 g/mol. The Morgan fingerprint density at radius 2 is 1.71 bits per heavy atom. The molecular formula is C22H32BF3N2. The Morgan fingerprint density at radius 3 is 2.21 bits per heavy atom. The maximum Gasteiger partial charge on any atom is 0.418 e. The van der Waals surface area contributed by atoms with E-state index >= 15 is 0 Å². The highest BCUT2D eigenvalue weighted by molar-refractivity contribution is 6.74. The lowest BCUT2D eigenvalue weighted by molar-refractivity contribution is -0.136. The zero-order valence-electron chi connectivity index (χ0n) is 18.0. The Morgan fingerprint density at radius 1 is 1.11 bits per heavy atom. The number of fused-ring (bicyclic) bond motifs is 1. The first-order chi connectivity index (χ1) is 12.9. The van der Waals surface area contributed by atoms with Crippen molar-refractivity contribution in [3.63, 3.8) is 0 Å². The molecule has 28 heavy (non-hydrogen) atoms. The summed E-state index contributed by atoms with van der Waals surface area (Å²) in [6.07, 6.45) is 1.57. The second-order valence-corrected chi connectivity index (χ2v) is 9.82. The van der Waals surface area contributed by atoms with Crippen LogP contribution in [0.5, 0.6) is 0 Å². The number of nitrogens with zero attached hydrogens (tertiary/aromatic N) is 2. The number of aromatic nitrogens is 2. The molecule has 0 aliphatic carbocycles. The molecule has 1 aliphatic heterocycles. The van der Waals surface area contributed by atoms with E-state index in [0.717, 1.165) is 37.4 Å². The predicted octanol–water partition coefficient (Wildman–Crippen LogP) is 6.57. The van der Waals surface area contributed by atoms with Gasteiger partial charge in [-0.2, -0.15) is 18.3 Å². The van der Waals surface area contributed by atoms with Gasteiger partial charge in [-0.05, 0) is 23.7 Å². The molecule has 1 saturated heterocycles. The van der Waals surface area contributed by atoms with E-state index < -0.39 is 11.7 Å². The van der Waals surface area contributed by atoms with E-state index in [9.17, 15) is 13.2 Å². The van der Waals surface area contributed by atoms with Crippen LogP contribution in [-0.2, 0) is 6.18 Å². The highest BCUT2D eigenvalue weighted by atomic mass is 19.4. The van der Waals surface area contributed by atoms with Crippen molar-refractivity contribution in [3.05, 3.63) is 23.9 Å². The molecule has 2 nitrogen and oxygen atoms in total. The van der Waals surface area contributed by atoms with E-state index in [-0.39, 0.29) is 29.1 Å². The number of benzene rings is 1. The van der Waals surface area contributed by atoms with Gasteiger partial charge in [-0.15, -0.1) is 0 Å². The maximum atomic E-state index is 14.1. The van der Waals surface area contributed by atoms with Crippen LogP contribution >= 0.6 is 0 Å². The third-order valence-electron chi connectivity index (χ3n) is 7.27. The lowest BCUT2D eigenvalue weighted by Gasteiger charge is -2.35. The van der Waals surface area contributed by atoms with Crippen molar-refractivity contribution in [2.45, 2.75) is 85.7 Å². The maximum absolute atomic E-state index is 14.1. The van der Waals surface area contributed by atoms with Crippen molar-refractivity contribution in [2.24, 2.45) is 10.8 Å². The first-order valence-electron chi connectivity index (χ1n) is 10.5. The number of halogens is 3. The third kappa shape index (κ3) is 3.59. The summed E-state index contributed by atoms with van der Waals surface area (Å²) in [5, 5.41) is 5.01. The Hall–Kier alpha value is -1.46. The van der Waals surface area contributed by atoms with E-state index in [1.165, 1.54) is 6.07 Å². The standard InChI is InChI=1S/C22H32BF3N2/c1-7-9-17(8-2)28-19-15(12-27-28)10-16(11-18(19)22(24,25)26)23-13-20(3,4)21(5,6)14-23/h10-12,17H,7-9,13-14H2,1-6H3. The molecule has 0 radical (unpaired) electrons. The second-order valence-electron chi connectivity index (χ2n) is 9.82. The van der Waals surface area contributed by atoms with Crippen molar-refractivity contribution < 1.29 is 13.2 Å². The molecule has 0 saturated carbocycles. The van der Waals surface area contributed by atoms with Crippen molar-refractivity contribution in [1.29, 1.82) is 0 Å². The van der Waals surface area contributed by atoms with Gasteiger partial charge in [0.2, 0.25) is 0 Å². The molecular weight excluding hydrogens is 360 g/mol. The summed E-state index contributed by atoms with van der Waals surface area (Å²) in [7, 11) is 0. The molecule has 1 aromatic heterocycles. The van der Waals surface area contributed by atoms with Crippen molar-refractivity contribution in [3.8, 4) is 0 Å². The largest absolute Gasteiger partial charge is 0.418 e. The molecule has 1 aromatic carbocycles. The zero-order valence-corrected chi connectivity index (χ0v) is 18.0. The Kier molecular flexibility index (Phi) is 5.39. The van der Waals surface area contributed by atoms with Gasteiger partial charge in [0.1, 0.15) is 0 Å². The number of hydrogen-bond donors (Lipinski definition) is 0. The minimum Gasteiger partial charge on any atom is -0.261 e. The second kappa shape index (κ2) is 7.10. The number of rotatable bonds is 5. The molecule has 154 valence electrons. The highest BCUT2D eigenvalue weighted by Gasteiger charge is 2.48. The summed E-state index contributed by atoms with van der Waals surface area (Å²) in [5.41, 5.74) is 0.719. The summed E-state index contributed by atoms with van der Waals surface area (Å²) in [6.45, 7) is 13.1. The van der Waals surface area contributed by atoms with Crippen LogP contribution in [0.4, 0.5) is 13.2 Å². The van der Waals surface area contributed by atoms with Crippen LogP contribution in [0.3, 0.4) is 0 Å². The van der Waals surface area contributed by atoms with Crippen molar-refractivity contribution in [1.82, 2.24) is 9.78 Å². The van der Waals surface area contributed by atoms with E-state index in [0.29, 0.717) is 5.39 Å². The van der Waals surface area contributed by atoms with Gasteiger partial charge < -0.3 is 0 Å². The minimum atomic E-state index is -4.39. The Balaban J connectivity index is 2.14. The zero-order chi connectivity index (χ0) is 20.9. The molecule has 1 unspecified atom stereocenters. The van der Waals surface area contributed by atoms with Gasteiger partial charge in [0.25, 0.3) is 0 Å². The first kappa shape index (κ1) is 21.3. The summed E-state index contributed by atoms with van der Waals surface area (Å²) in [6, 6.07) is 3.36. The fraction of sp³-hybridized carbons (Fsp3) is 0.682. The molecule has 1 aliphatic rings. The van der Waals surface area contributed by atoms with Crippen LogP contribution < -0.4 is 5.46 Å². The fourth-order valence-corrected chi connectivity index (χ4v) is 4.87. The highest BCUT2D eigenvalue weighted by Crippen LogP contribution is 2.52. The normalized spacial score (nSPS) is 20.1. The van der Waals surface area contributed by atoms with Crippen LogP contribution in [0, 0.1) is 10.8 Å². The summed E-state index contributed by atoms with van der Waals surface area (Å²) < 4.78 is 43.8. The van der Waals surface area contributed by atoms with Gasteiger partial charge in [-0.25, -0.2) is 0 Å². The molecule has 1 atom stereocenters. The SMILES string of the molecule is CCCC(CC)n1ncc2cc(B3CC(C)(C)C(C)(C)C3)cc(C(F)(F)F)c21. The molecule has 6 heteroatoms. The van der Waals surface area contributed by atoms with Gasteiger partial charge in [-0.3, -0.25) is 4.68 Å². The van der Waals surface area contributed by atoms with Crippen molar-refractivity contribution >= 4 is 23.1 Å². The van der Waals surface area contributed by atoms with Crippen LogP contribution in [0.2, 0.25) is 12.6 Å².